The minimum absolute atomic E-state index is 0.840. The third-order valence-corrected chi connectivity index (χ3v) is 0.809. The Morgan fingerprint density at radius 1 is 1.56 bits per heavy atom. The lowest BCUT2D eigenvalue weighted by Crippen LogP contribution is -1.66. The van der Waals surface area contributed by atoms with Crippen molar-refractivity contribution in [1.82, 2.24) is 0 Å². The lowest BCUT2D eigenvalue weighted by atomic mass is 10.3. The van der Waals surface area contributed by atoms with Crippen molar-refractivity contribution in [3.8, 4) is 0 Å². The topological polar surface area (TPSA) is 12.4 Å². The van der Waals surface area contributed by atoms with Gasteiger partial charge in [-0.3, -0.25) is 4.99 Å². The van der Waals surface area contributed by atoms with E-state index in [4.69, 9.17) is 0 Å². The van der Waals surface area contributed by atoms with Crippen molar-refractivity contribution in [2.75, 3.05) is 0 Å². The van der Waals surface area contributed by atoms with E-state index in [1.807, 2.05) is 19.1 Å². The number of hydrogen-bond donors (Lipinski definition) is 0. The fourth-order valence-corrected chi connectivity index (χ4v) is 0.452. The predicted molar refractivity (Wildman–Crippen MR) is 42.6 cm³/mol. The molecule has 0 aliphatic carbocycles. The minimum Gasteiger partial charge on any atom is -0.265 e. The SMILES string of the molecule is C=C/C=C(/C=C/C)N=C. The van der Waals surface area contributed by atoms with Crippen molar-refractivity contribution in [2.24, 2.45) is 4.99 Å². The maximum atomic E-state index is 3.72. The van der Waals surface area contributed by atoms with Crippen LogP contribution in [0.1, 0.15) is 6.92 Å². The van der Waals surface area contributed by atoms with Gasteiger partial charge in [0.05, 0.1) is 5.70 Å². The zero-order valence-corrected chi connectivity index (χ0v) is 5.67. The van der Waals surface area contributed by atoms with Gasteiger partial charge in [-0.2, -0.15) is 0 Å². The van der Waals surface area contributed by atoms with Crippen LogP contribution in [-0.2, 0) is 0 Å². The molecule has 1 heteroatoms. The van der Waals surface area contributed by atoms with Crippen LogP contribution in [0.3, 0.4) is 0 Å². The van der Waals surface area contributed by atoms with Gasteiger partial charge in [0.15, 0.2) is 0 Å². The molecule has 1 nitrogen and oxygen atoms in total. The molecule has 0 aliphatic rings. The molecule has 0 saturated carbocycles. The highest BCUT2D eigenvalue weighted by molar-refractivity contribution is 5.34. The largest absolute Gasteiger partial charge is 0.265 e. The van der Waals surface area contributed by atoms with Gasteiger partial charge in [-0.15, -0.1) is 0 Å². The van der Waals surface area contributed by atoms with Gasteiger partial charge in [0.25, 0.3) is 0 Å². The van der Waals surface area contributed by atoms with Crippen LogP contribution in [0.15, 0.2) is 41.6 Å². The highest BCUT2D eigenvalue weighted by Gasteiger charge is 1.77. The fraction of sp³-hybridized carbons (Fsp3) is 0.125. The van der Waals surface area contributed by atoms with E-state index in [1.165, 1.54) is 0 Å². The first-order valence-electron chi connectivity index (χ1n) is 2.77. The zero-order chi connectivity index (χ0) is 7.11. The summed E-state index contributed by atoms with van der Waals surface area (Å²) in [6.07, 6.45) is 7.26. The lowest BCUT2D eigenvalue weighted by Gasteiger charge is -1.85. The summed E-state index contributed by atoms with van der Waals surface area (Å²) < 4.78 is 0. The second-order valence-electron chi connectivity index (χ2n) is 1.49. The molecule has 0 bridgehead atoms. The molecule has 0 aromatic carbocycles. The van der Waals surface area contributed by atoms with Crippen LogP contribution in [0, 0.1) is 0 Å². The molecule has 0 aromatic rings. The summed E-state index contributed by atoms with van der Waals surface area (Å²) in [5.41, 5.74) is 0.840. The van der Waals surface area contributed by atoms with Gasteiger partial charge in [0.1, 0.15) is 0 Å². The van der Waals surface area contributed by atoms with E-state index in [0.29, 0.717) is 0 Å². The third kappa shape index (κ3) is 3.47. The Morgan fingerprint density at radius 3 is 2.56 bits per heavy atom. The Balaban J connectivity index is 4.13. The van der Waals surface area contributed by atoms with Gasteiger partial charge in [-0.25, -0.2) is 0 Å². The van der Waals surface area contributed by atoms with Crippen molar-refractivity contribution in [1.29, 1.82) is 0 Å². The smallest absolute Gasteiger partial charge is 0.0618 e. The summed E-state index contributed by atoms with van der Waals surface area (Å²) in [7, 11) is 0. The molecule has 0 spiro atoms. The van der Waals surface area contributed by atoms with E-state index >= 15 is 0 Å². The molecule has 0 heterocycles. The summed E-state index contributed by atoms with van der Waals surface area (Å²) in [6, 6.07) is 0. The van der Waals surface area contributed by atoms with Gasteiger partial charge >= 0.3 is 0 Å². The summed E-state index contributed by atoms with van der Waals surface area (Å²) in [6.45, 7) is 8.85. The van der Waals surface area contributed by atoms with Gasteiger partial charge in [0, 0.05) is 0 Å². The van der Waals surface area contributed by atoms with Crippen molar-refractivity contribution in [2.45, 2.75) is 6.92 Å². The molecule has 0 aromatic heterocycles. The van der Waals surface area contributed by atoms with E-state index in [9.17, 15) is 0 Å². The van der Waals surface area contributed by atoms with Gasteiger partial charge in [-0.1, -0.05) is 18.7 Å². The summed E-state index contributed by atoms with van der Waals surface area (Å²) in [4.78, 5) is 3.72. The maximum absolute atomic E-state index is 3.72. The van der Waals surface area contributed by atoms with E-state index in [2.05, 4.69) is 18.3 Å². The molecular formula is C8H11N. The monoisotopic (exact) mass is 121 g/mol. The Bertz CT molecular complexity index is 152. The Hall–Kier alpha value is -1.11. The van der Waals surface area contributed by atoms with Crippen LogP contribution in [0.5, 0.6) is 0 Å². The molecule has 0 saturated heterocycles. The molecule has 0 amide bonds. The number of rotatable bonds is 3. The highest BCUT2D eigenvalue weighted by atomic mass is 14.7. The van der Waals surface area contributed by atoms with Crippen LogP contribution < -0.4 is 0 Å². The standard InChI is InChI=1S/C8H11N/c1-4-6-8(9-3)7-5-2/h4-7H,1,3H2,2H3/b7-5+,8-6-. The molecule has 0 aliphatic heterocycles. The Morgan fingerprint density at radius 2 is 2.22 bits per heavy atom. The lowest BCUT2D eigenvalue weighted by molar-refractivity contribution is 1.43. The Labute approximate surface area is 56.1 Å². The number of hydrogen-bond acceptors (Lipinski definition) is 1. The second kappa shape index (κ2) is 5.04. The molecule has 0 N–H and O–H groups in total. The minimum atomic E-state index is 0.840. The molecule has 0 atom stereocenters. The molecule has 0 unspecified atom stereocenters. The Kier molecular flexibility index (Phi) is 4.41. The van der Waals surface area contributed by atoms with Crippen molar-refractivity contribution in [3.63, 3.8) is 0 Å². The number of allylic oxidation sites excluding steroid dienone is 4. The van der Waals surface area contributed by atoms with Crippen LogP contribution in [-0.4, -0.2) is 6.72 Å². The summed E-state index contributed by atoms with van der Waals surface area (Å²) >= 11 is 0. The average molecular weight is 121 g/mol. The van der Waals surface area contributed by atoms with Crippen LogP contribution >= 0.6 is 0 Å². The maximum Gasteiger partial charge on any atom is 0.0618 e. The van der Waals surface area contributed by atoms with Crippen LogP contribution in [0.2, 0.25) is 0 Å². The van der Waals surface area contributed by atoms with Gasteiger partial charge < -0.3 is 0 Å². The first-order valence-corrected chi connectivity index (χ1v) is 2.77. The molecular weight excluding hydrogens is 110 g/mol. The predicted octanol–water partition coefficient (Wildman–Crippen LogP) is 2.33. The molecule has 0 fully saturated rings. The number of nitrogens with zero attached hydrogens (tertiary/aromatic N) is 1. The highest BCUT2D eigenvalue weighted by Crippen LogP contribution is 1.96. The quantitative estimate of drug-likeness (QED) is 0.401. The fourth-order valence-electron chi connectivity index (χ4n) is 0.452. The first kappa shape index (κ1) is 7.89. The normalized spacial score (nSPS) is 11.9. The van der Waals surface area contributed by atoms with Gasteiger partial charge in [0.2, 0.25) is 0 Å². The molecule has 0 radical (unpaired) electrons. The van der Waals surface area contributed by atoms with E-state index in [0.717, 1.165) is 5.70 Å². The average Bonchev–Trinajstić information content (AvgIpc) is 1.88. The molecule has 9 heavy (non-hydrogen) atoms. The van der Waals surface area contributed by atoms with Crippen LogP contribution in [0.25, 0.3) is 0 Å². The summed E-state index contributed by atoms with van der Waals surface area (Å²) in [5, 5.41) is 0. The van der Waals surface area contributed by atoms with E-state index < -0.39 is 0 Å². The third-order valence-electron chi connectivity index (χ3n) is 0.809. The first-order chi connectivity index (χ1) is 4.35. The summed E-state index contributed by atoms with van der Waals surface area (Å²) in [5.74, 6) is 0. The zero-order valence-electron chi connectivity index (χ0n) is 5.67. The molecule has 0 rings (SSSR count). The molecule has 48 valence electrons. The van der Waals surface area contributed by atoms with Crippen LogP contribution in [0.4, 0.5) is 0 Å². The van der Waals surface area contributed by atoms with Crippen molar-refractivity contribution in [3.05, 3.63) is 36.6 Å². The van der Waals surface area contributed by atoms with Gasteiger partial charge in [-0.05, 0) is 25.8 Å². The number of aliphatic imine (C=N–C) groups is 1. The van der Waals surface area contributed by atoms with Crippen molar-refractivity contribution < 1.29 is 0 Å². The second-order valence-corrected chi connectivity index (χ2v) is 1.49. The van der Waals surface area contributed by atoms with E-state index in [1.54, 1.807) is 12.2 Å². The van der Waals surface area contributed by atoms with E-state index in [-0.39, 0.29) is 0 Å². The van der Waals surface area contributed by atoms with Crippen molar-refractivity contribution >= 4 is 6.72 Å².